The van der Waals surface area contributed by atoms with Gasteiger partial charge in [-0.3, -0.25) is 4.98 Å². The molecular weight excluding hydrogens is 345 g/mol. The highest BCUT2D eigenvalue weighted by Crippen LogP contribution is 2.31. The zero-order chi connectivity index (χ0) is 15.5. The summed E-state index contributed by atoms with van der Waals surface area (Å²) in [6.45, 7) is 2.64. The van der Waals surface area contributed by atoms with Gasteiger partial charge in [0.15, 0.2) is 0 Å². The third-order valence-corrected chi connectivity index (χ3v) is 3.47. The SMILES string of the molecule is CCNC(c1ccc(C(F)(F)F)cc1)c1cncc(Br)c1. The Labute approximate surface area is 129 Å². The zero-order valence-corrected chi connectivity index (χ0v) is 12.9. The molecule has 1 N–H and O–H groups in total. The Morgan fingerprint density at radius 2 is 1.81 bits per heavy atom. The van der Waals surface area contributed by atoms with Crippen molar-refractivity contribution in [1.29, 1.82) is 0 Å². The van der Waals surface area contributed by atoms with Gasteiger partial charge in [-0.05, 0) is 51.8 Å². The Morgan fingerprint density at radius 1 is 1.14 bits per heavy atom. The topological polar surface area (TPSA) is 24.9 Å². The van der Waals surface area contributed by atoms with E-state index in [1.165, 1.54) is 12.1 Å². The lowest BCUT2D eigenvalue weighted by molar-refractivity contribution is -0.137. The number of rotatable bonds is 4. The molecule has 0 saturated carbocycles. The first-order chi connectivity index (χ1) is 9.91. The highest BCUT2D eigenvalue weighted by molar-refractivity contribution is 9.10. The van der Waals surface area contributed by atoms with Crippen molar-refractivity contribution in [3.8, 4) is 0 Å². The van der Waals surface area contributed by atoms with Crippen molar-refractivity contribution in [1.82, 2.24) is 10.3 Å². The van der Waals surface area contributed by atoms with Crippen molar-refractivity contribution in [3.05, 3.63) is 63.9 Å². The molecule has 112 valence electrons. The second-order valence-electron chi connectivity index (χ2n) is 4.55. The van der Waals surface area contributed by atoms with E-state index in [9.17, 15) is 13.2 Å². The monoisotopic (exact) mass is 358 g/mol. The second kappa shape index (κ2) is 6.58. The van der Waals surface area contributed by atoms with Crippen molar-refractivity contribution in [3.63, 3.8) is 0 Å². The smallest absolute Gasteiger partial charge is 0.306 e. The molecule has 0 amide bonds. The Kier molecular flexibility index (Phi) is 5.00. The summed E-state index contributed by atoms with van der Waals surface area (Å²) in [5.74, 6) is 0. The summed E-state index contributed by atoms with van der Waals surface area (Å²) in [6.07, 6.45) is -0.946. The summed E-state index contributed by atoms with van der Waals surface area (Å²) < 4.78 is 38.7. The van der Waals surface area contributed by atoms with Crippen LogP contribution in [-0.4, -0.2) is 11.5 Å². The molecule has 0 bridgehead atoms. The molecule has 0 spiro atoms. The average Bonchev–Trinajstić information content (AvgIpc) is 2.44. The number of halogens is 4. The van der Waals surface area contributed by atoms with Crippen LogP contribution in [0.25, 0.3) is 0 Å². The molecule has 1 unspecified atom stereocenters. The van der Waals surface area contributed by atoms with E-state index in [0.717, 1.165) is 27.7 Å². The first-order valence-electron chi connectivity index (χ1n) is 6.43. The van der Waals surface area contributed by atoms with Gasteiger partial charge in [0.1, 0.15) is 0 Å². The number of hydrogen-bond donors (Lipinski definition) is 1. The van der Waals surface area contributed by atoms with Crippen LogP contribution in [0.3, 0.4) is 0 Å². The van der Waals surface area contributed by atoms with Crippen LogP contribution in [0.15, 0.2) is 47.2 Å². The minimum Gasteiger partial charge on any atom is -0.306 e. The minimum atomic E-state index is -4.32. The van der Waals surface area contributed by atoms with E-state index >= 15 is 0 Å². The fraction of sp³-hybridized carbons (Fsp3) is 0.267. The van der Waals surface area contributed by atoms with Crippen LogP contribution in [0, 0.1) is 0 Å². The van der Waals surface area contributed by atoms with E-state index in [2.05, 4.69) is 26.2 Å². The molecule has 0 fully saturated rings. The number of nitrogens with zero attached hydrogens (tertiary/aromatic N) is 1. The molecule has 1 aromatic carbocycles. The number of pyridine rings is 1. The van der Waals surface area contributed by atoms with Gasteiger partial charge in [0.2, 0.25) is 0 Å². The van der Waals surface area contributed by atoms with Crippen LogP contribution in [0.2, 0.25) is 0 Å². The normalized spacial score (nSPS) is 13.2. The third-order valence-electron chi connectivity index (χ3n) is 3.04. The summed E-state index contributed by atoms with van der Waals surface area (Å²) in [6, 6.07) is 6.91. The maximum atomic E-state index is 12.6. The fourth-order valence-corrected chi connectivity index (χ4v) is 2.47. The molecule has 2 nitrogen and oxygen atoms in total. The molecule has 0 aliphatic heterocycles. The van der Waals surface area contributed by atoms with Gasteiger partial charge in [0, 0.05) is 16.9 Å². The lowest BCUT2D eigenvalue weighted by Crippen LogP contribution is -2.22. The summed E-state index contributed by atoms with van der Waals surface area (Å²) in [5.41, 5.74) is 1.02. The quantitative estimate of drug-likeness (QED) is 0.866. The lowest BCUT2D eigenvalue weighted by Gasteiger charge is -2.19. The highest BCUT2D eigenvalue weighted by Gasteiger charge is 2.30. The van der Waals surface area contributed by atoms with Crippen LogP contribution in [-0.2, 0) is 6.18 Å². The summed E-state index contributed by atoms with van der Waals surface area (Å²) in [7, 11) is 0. The van der Waals surface area contributed by atoms with Crippen molar-refractivity contribution in [2.45, 2.75) is 19.1 Å². The van der Waals surface area contributed by atoms with Crippen molar-refractivity contribution < 1.29 is 13.2 Å². The standard InChI is InChI=1S/C15H14BrF3N2/c1-2-21-14(11-7-13(16)9-20-8-11)10-3-5-12(6-4-10)15(17,18)19/h3-9,14,21H,2H2,1H3. The van der Waals surface area contributed by atoms with Gasteiger partial charge in [-0.15, -0.1) is 0 Å². The Morgan fingerprint density at radius 3 is 2.33 bits per heavy atom. The molecule has 2 aromatic rings. The predicted octanol–water partition coefficient (Wildman–Crippen LogP) is 4.56. The van der Waals surface area contributed by atoms with E-state index in [4.69, 9.17) is 0 Å². The minimum absolute atomic E-state index is 0.192. The predicted molar refractivity (Wildman–Crippen MR) is 78.9 cm³/mol. The average molecular weight is 359 g/mol. The Bertz CT molecular complexity index is 597. The number of hydrogen-bond acceptors (Lipinski definition) is 2. The van der Waals surface area contributed by atoms with Crippen LogP contribution in [0.4, 0.5) is 13.2 Å². The highest BCUT2D eigenvalue weighted by atomic mass is 79.9. The van der Waals surface area contributed by atoms with Crippen molar-refractivity contribution >= 4 is 15.9 Å². The molecule has 0 aliphatic carbocycles. The summed E-state index contributed by atoms with van der Waals surface area (Å²) in [4.78, 5) is 4.10. The van der Waals surface area contributed by atoms with E-state index in [-0.39, 0.29) is 6.04 Å². The maximum absolute atomic E-state index is 12.6. The number of alkyl halides is 3. The first kappa shape index (κ1) is 16.0. The van der Waals surface area contributed by atoms with E-state index < -0.39 is 11.7 Å². The van der Waals surface area contributed by atoms with Crippen LogP contribution in [0.5, 0.6) is 0 Å². The first-order valence-corrected chi connectivity index (χ1v) is 7.22. The van der Waals surface area contributed by atoms with Crippen molar-refractivity contribution in [2.75, 3.05) is 6.54 Å². The molecular formula is C15H14BrF3N2. The van der Waals surface area contributed by atoms with Crippen LogP contribution < -0.4 is 5.32 Å². The van der Waals surface area contributed by atoms with E-state index in [1.807, 2.05) is 13.0 Å². The number of aromatic nitrogens is 1. The molecule has 6 heteroatoms. The Hall–Kier alpha value is -1.40. The van der Waals surface area contributed by atoms with Gasteiger partial charge >= 0.3 is 6.18 Å². The van der Waals surface area contributed by atoms with Crippen LogP contribution in [0.1, 0.15) is 29.7 Å². The third kappa shape index (κ3) is 4.04. The molecule has 1 heterocycles. The maximum Gasteiger partial charge on any atom is 0.416 e. The van der Waals surface area contributed by atoms with Gasteiger partial charge in [-0.2, -0.15) is 13.2 Å². The van der Waals surface area contributed by atoms with Gasteiger partial charge in [-0.1, -0.05) is 19.1 Å². The molecule has 1 aromatic heterocycles. The van der Waals surface area contributed by atoms with Gasteiger partial charge in [0.05, 0.1) is 11.6 Å². The molecule has 0 aliphatic rings. The second-order valence-corrected chi connectivity index (χ2v) is 5.46. The lowest BCUT2D eigenvalue weighted by atomic mass is 9.99. The van der Waals surface area contributed by atoms with E-state index in [1.54, 1.807) is 12.4 Å². The van der Waals surface area contributed by atoms with Crippen LogP contribution >= 0.6 is 15.9 Å². The zero-order valence-electron chi connectivity index (χ0n) is 11.3. The fourth-order valence-electron chi connectivity index (χ4n) is 2.08. The largest absolute Gasteiger partial charge is 0.416 e. The number of nitrogens with one attached hydrogen (secondary N) is 1. The van der Waals surface area contributed by atoms with Gasteiger partial charge in [0.25, 0.3) is 0 Å². The summed E-state index contributed by atoms with van der Waals surface area (Å²) in [5, 5.41) is 3.26. The van der Waals surface area contributed by atoms with E-state index in [0.29, 0.717) is 6.54 Å². The van der Waals surface area contributed by atoms with Gasteiger partial charge in [-0.25, -0.2) is 0 Å². The molecule has 2 rings (SSSR count). The Balaban J connectivity index is 2.34. The number of benzene rings is 1. The molecule has 21 heavy (non-hydrogen) atoms. The molecule has 0 saturated heterocycles. The summed E-state index contributed by atoms with van der Waals surface area (Å²) >= 11 is 3.35. The van der Waals surface area contributed by atoms with Gasteiger partial charge < -0.3 is 5.32 Å². The molecule has 1 atom stereocenters. The van der Waals surface area contributed by atoms with Crippen molar-refractivity contribution in [2.24, 2.45) is 0 Å². The molecule has 0 radical (unpaired) electrons.